The van der Waals surface area contributed by atoms with E-state index in [1.54, 1.807) is 33.8 Å². The van der Waals surface area contributed by atoms with Crippen LogP contribution in [0.25, 0.3) is 11.0 Å². The maximum Gasteiger partial charge on any atom is 0.201 e. The lowest BCUT2D eigenvalue weighted by Crippen LogP contribution is -2.10. The Morgan fingerprint density at radius 3 is 2.76 bits per heavy atom. The second-order valence-electron chi connectivity index (χ2n) is 4.68. The molecule has 3 aromatic rings. The molecule has 8 nitrogen and oxygen atoms in total. The van der Waals surface area contributed by atoms with E-state index in [0.717, 1.165) is 6.26 Å². The van der Waals surface area contributed by atoms with E-state index >= 15 is 0 Å². The zero-order chi connectivity index (χ0) is 15.0. The minimum atomic E-state index is -3.35. The lowest BCUT2D eigenvalue weighted by molar-refractivity contribution is 0.529. The molecular formula is C12H14N6O2S. The molecule has 0 radical (unpaired) electrons. The van der Waals surface area contributed by atoms with Crippen LogP contribution in [-0.2, 0) is 22.9 Å². The van der Waals surface area contributed by atoms with Gasteiger partial charge >= 0.3 is 0 Å². The Morgan fingerprint density at radius 2 is 2.10 bits per heavy atom. The predicted molar refractivity (Wildman–Crippen MR) is 77.3 cm³/mol. The number of benzene rings is 1. The van der Waals surface area contributed by atoms with Gasteiger partial charge in [-0.1, -0.05) is 11.3 Å². The Kier molecular flexibility index (Phi) is 3.13. The summed E-state index contributed by atoms with van der Waals surface area (Å²) in [5, 5.41) is 7.61. The third-order valence-electron chi connectivity index (χ3n) is 3.20. The van der Waals surface area contributed by atoms with Crippen molar-refractivity contribution in [3.05, 3.63) is 30.6 Å². The fourth-order valence-electron chi connectivity index (χ4n) is 2.23. The maximum absolute atomic E-state index is 11.8. The average molecular weight is 306 g/mol. The summed E-state index contributed by atoms with van der Waals surface area (Å²) in [6, 6.07) is 5.02. The van der Waals surface area contributed by atoms with Gasteiger partial charge in [0.05, 0.1) is 23.2 Å². The van der Waals surface area contributed by atoms with Gasteiger partial charge in [-0.15, -0.1) is 5.10 Å². The summed E-state index contributed by atoms with van der Waals surface area (Å²) < 4.78 is 27.0. The van der Waals surface area contributed by atoms with Crippen LogP contribution in [0, 0.1) is 0 Å². The van der Waals surface area contributed by atoms with E-state index in [4.69, 9.17) is 5.73 Å². The molecular weight excluding hydrogens is 292 g/mol. The smallest absolute Gasteiger partial charge is 0.201 e. The number of aryl methyl sites for hydroxylation is 2. The van der Waals surface area contributed by atoms with Gasteiger partial charge in [0.1, 0.15) is 5.52 Å². The number of para-hydroxylation sites is 1. The normalized spacial score (nSPS) is 12.0. The highest BCUT2D eigenvalue weighted by molar-refractivity contribution is 7.91. The minimum absolute atomic E-state index is 0.186. The lowest BCUT2D eigenvalue weighted by Gasteiger charge is -2.06. The number of imidazole rings is 1. The zero-order valence-electron chi connectivity index (χ0n) is 11.3. The Hall–Kier alpha value is -2.42. The van der Waals surface area contributed by atoms with E-state index in [1.165, 1.54) is 6.07 Å². The molecule has 1 aromatic carbocycles. The number of anilines is 1. The van der Waals surface area contributed by atoms with Crippen molar-refractivity contribution in [2.45, 2.75) is 18.0 Å². The minimum Gasteiger partial charge on any atom is -0.369 e. The van der Waals surface area contributed by atoms with Crippen molar-refractivity contribution in [2.24, 2.45) is 0 Å². The maximum atomic E-state index is 11.8. The van der Waals surface area contributed by atoms with Crippen LogP contribution in [0.3, 0.4) is 0 Å². The topological polar surface area (TPSA) is 109 Å². The number of nitrogen functional groups attached to an aromatic ring is 1. The average Bonchev–Trinajstić information content (AvgIpc) is 3.01. The van der Waals surface area contributed by atoms with Gasteiger partial charge < -0.3 is 10.3 Å². The van der Waals surface area contributed by atoms with E-state index in [9.17, 15) is 8.42 Å². The number of nitrogens with zero attached hydrogens (tertiary/aromatic N) is 5. The lowest BCUT2D eigenvalue weighted by atomic mass is 10.3. The standard InChI is InChI=1S/C12H14N6O2S/c1-21(19,20)10-4-2-3-9-11(10)15-12(13)18(9)8-7-17-6-5-14-16-17/h2-6H,7-8H2,1H3,(H2,13,15). The molecule has 0 saturated heterocycles. The van der Waals surface area contributed by atoms with Crippen molar-refractivity contribution in [3.8, 4) is 0 Å². The zero-order valence-corrected chi connectivity index (χ0v) is 12.2. The number of rotatable bonds is 4. The third kappa shape index (κ3) is 2.47. The van der Waals surface area contributed by atoms with E-state index in [2.05, 4.69) is 15.3 Å². The molecule has 21 heavy (non-hydrogen) atoms. The van der Waals surface area contributed by atoms with Gasteiger partial charge in [0.15, 0.2) is 9.84 Å². The molecule has 0 unspecified atom stereocenters. The number of sulfone groups is 1. The molecule has 9 heteroatoms. The second-order valence-corrected chi connectivity index (χ2v) is 6.67. The molecule has 2 aromatic heterocycles. The second kappa shape index (κ2) is 4.85. The monoisotopic (exact) mass is 306 g/mol. The number of hydrogen-bond acceptors (Lipinski definition) is 6. The van der Waals surface area contributed by atoms with Crippen LogP contribution in [-0.4, -0.2) is 39.2 Å². The highest BCUT2D eigenvalue weighted by Gasteiger charge is 2.17. The van der Waals surface area contributed by atoms with Crippen molar-refractivity contribution < 1.29 is 8.42 Å². The molecule has 3 rings (SSSR count). The van der Waals surface area contributed by atoms with Crippen LogP contribution in [0.2, 0.25) is 0 Å². The Labute approximate surface area is 121 Å². The summed E-state index contributed by atoms with van der Waals surface area (Å²) in [5.41, 5.74) is 7.01. The number of hydrogen-bond donors (Lipinski definition) is 1. The molecule has 2 heterocycles. The fourth-order valence-corrected chi connectivity index (χ4v) is 3.06. The Bertz CT molecular complexity index is 882. The van der Waals surface area contributed by atoms with Crippen LogP contribution in [0.15, 0.2) is 35.5 Å². The predicted octanol–water partition coefficient (Wildman–Crippen LogP) is 0.314. The van der Waals surface area contributed by atoms with Crippen LogP contribution >= 0.6 is 0 Å². The Balaban J connectivity index is 2.05. The first-order chi connectivity index (χ1) is 9.97. The van der Waals surface area contributed by atoms with Gasteiger partial charge in [0.2, 0.25) is 5.95 Å². The van der Waals surface area contributed by atoms with Crippen molar-refractivity contribution in [1.29, 1.82) is 0 Å². The van der Waals surface area contributed by atoms with Crippen molar-refractivity contribution in [1.82, 2.24) is 24.5 Å². The highest BCUT2D eigenvalue weighted by Crippen LogP contribution is 2.24. The van der Waals surface area contributed by atoms with E-state index < -0.39 is 9.84 Å². The molecule has 0 aliphatic heterocycles. The molecule has 0 saturated carbocycles. The number of aromatic nitrogens is 5. The van der Waals surface area contributed by atoms with E-state index in [0.29, 0.717) is 24.1 Å². The van der Waals surface area contributed by atoms with Gasteiger partial charge in [0, 0.05) is 19.0 Å². The molecule has 0 fully saturated rings. The quantitative estimate of drug-likeness (QED) is 0.743. The van der Waals surface area contributed by atoms with Crippen molar-refractivity contribution in [2.75, 3.05) is 12.0 Å². The summed E-state index contributed by atoms with van der Waals surface area (Å²) in [5.74, 6) is 0.279. The molecule has 0 aliphatic carbocycles. The number of fused-ring (bicyclic) bond motifs is 1. The largest absolute Gasteiger partial charge is 0.369 e. The van der Waals surface area contributed by atoms with Crippen molar-refractivity contribution in [3.63, 3.8) is 0 Å². The summed E-state index contributed by atoms with van der Waals surface area (Å²) in [4.78, 5) is 4.38. The van der Waals surface area contributed by atoms with Gasteiger partial charge in [-0.3, -0.25) is 4.68 Å². The van der Waals surface area contributed by atoms with Gasteiger partial charge in [-0.25, -0.2) is 13.4 Å². The molecule has 0 aliphatic rings. The first-order valence-corrected chi connectivity index (χ1v) is 8.15. The van der Waals surface area contributed by atoms with Crippen LogP contribution in [0.5, 0.6) is 0 Å². The summed E-state index contributed by atoms with van der Waals surface area (Å²) in [6.45, 7) is 1.09. The molecule has 110 valence electrons. The molecule has 0 spiro atoms. The number of nitrogens with two attached hydrogens (primary N) is 1. The summed E-state index contributed by atoms with van der Waals surface area (Å²) in [6.07, 6.45) is 4.50. The van der Waals surface area contributed by atoms with E-state index in [-0.39, 0.29) is 10.8 Å². The third-order valence-corrected chi connectivity index (χ3v) is 4.32. The molecule has 0 atom stereocenters. The first kappa shape index (κ1) is 13.6. The van der Waals surface area contributed by atoms with E-state index in [1.807, 2.05) is 0 Å². The fraction of sp³-hybridized carbons (Fsp3) is 0.250. The Morgan fingerprint density at radius 1 is 1.29 bits per heavy atom. The SMILES string of the molecule is CS(=O)(=O)c1cccc2c1nc(N)n2CCn1ccnn1. The molecule has 2 N–H and O–H groups in total. The van der Waals surface area contributed by atoms with Crippen LogP contribution in [0.1, 0.15) is 0 Å². The van der Waals surface area contributed by atoms with Gasteiger partial charge in [0.25, 0.3) is 0 Å². The molecule has 0 bridgehead atoms. The first-order valence-electron chi connectivity index (χ1n) is 6.26. The van der Waals surface area contributed by atoms with Crippen LogP contribution < -0.4 is 5.73 Å². The van der Waals surface area contributed by atoms with Crippen LogP contribution in [0.4, 0.5) is 5.95 Å². The van der Waals surface area contributed by atoms with Crippen molar-refractivity contribution >= 4 is 26.8 Å². The molecule has 0 amide bonds. The summed E-state index contributed by atoms with van der Waals surface area (Å²) in [7, 11) is -3.35. The highest BCUT2D eigenvalue weighted by atomic mass is 32.2. The van der Waals surface area contributed by atoms with Gasteiger partial charge in [-0.2, -0.15) is 0 Å². The van der Waals surface area contributed by atoms with Gasteiger partial charge in [-0.05, 0) is 12.1 Å². The summed E-state index contributed by atoms with van der Waals surface area (Å²) >= 11 is 0.